The summed E-state index contributed by atoms with van der Waals surface area (Å²) in [6.45, 7) is 9.96. The molecule has 6 heteroatoms. The lowest BCUT2D eigenvalue weighted by atomic mass is 9.89. The number of benzene rings is 1. The van der Waals surface area contributed by atoms with Gasteiger partial charge in [0.15, 0.2) is 0 Å². The normalized spacial score (nSPS) is 20.1. The minimum atomic E-state index is -0.300. The first-order valence-corrected chi connectivity index (χ1v) is 9.81. The van der Waals surface area contributed by atoms with Gasteiger partial charge in [0, 0.05) is 48.8 Å². The quantitative estimate of drug-likeness (QED) is 0.696. The number of aryl methyl sites for hydroxylation is 2. The molecule has 1 aliphatic heterocycles. The van der Waals surface area contributed by atoms with E-state index in [0.29, 0.717) is 18.6 Å². The number of nitrogens with zero attached hydrogens (tertiary/aromatic N) is 2. The molecule has 2 unspecified atom stereocenters. The molecule has 0 amide bonds. The third-order valence-electron chi connectivity index (χ3n) is 5.85. The highest BCUT2D eigenvalue weighted by Gasteiger charge is 2.35. The minimum Gasteiger partial charge on any atom is -1.00 e. The van der Waals surface area contributed by atoms with Crippen molar-refractivity contribution in [2.24, 2.45) is 0 Å². The standard InChI is InChI=1S/C21H31N3O.ClH.H2O/c1-14(2)22-12-16(25)13-23-9-10-24-19-8-7-15(3)11-18(19)17-5-4-6-20(23)21(17)24;;/h7-8,11,14,16,20,22,25H,4-6,9-10,12-13H2,1-3H3;1H;1H2/p-1. The molecule has 4 N–H and O–H groups in total. The van der Waals surface area contributed by atoms with Gasteiger partial charge in [-0.25, -0.2) is 0 Å². The summed E-state index contributed by atoms with van der Waals surface area (Å²) < 4.78 is 2.56. The van der Waals surface area contributed by atoms with Crippen LogP contribution in [-0.2, 0) is 13.0 Å². The maximum absolute atomic E-state index is 10.5. The number of hydrogen-bond donors (Lipinski definition) is 2. The molecule has 1 aromatic heterocycles. The fourth-order valence-corrected chi connectivity index (χ4v) is 4.72. The molecule has 2 atom stereocenters. The lowest BCUT2D eigenvalue weighted by Crippen LogP contribution is -3.00. The van der Waals surface area contributed by atoms with Crippen LogP contribution in [0.25, 0.3) is 10.9 Å². The predicted octanol–water partition coefficient (Wildman–Crippen LogP) is -0.819. The Balaban J connectivity index is 0.00000131. The molecule has 0 radical (unpaired) electrons. The second-order valence-electron chi connectivity index (χ2n) is 8.16. The van der Waals surface area contributed by atoms with E-state index < -0.39 is 0 Å². The molecule has 1 aromatic carbocycles. The SMILES string of the molecule is Cc1ccc2c(c1)c1c3n2CCN(CC(O)CNC(C)C)C3CCC1.O.[Cl-]. The number of aliphatic hydroxyl groups is 1. The third kappa shape index (κ3) is 4.17. The summed E-state index contributed by atoms with van der Waals surface area (Å²) in [5, 5.41) is 15.3. The van der Waals surface area contributed by atoms with Gasteiger partial charge in [-0.1, -0.05) is 25.5 Å². The van der Waals surface area contributed by atoms with Crippen molar-refractivity contribution < 1.29 is 23.0 Å². The molecule has 27 heavy (non-hydrogen) atoms. The summed E-state index contributed by atoms with van der Waals surface area (Å²) in [4.78, 5) is 2.52. The largest absolute Gasteiger partial charge is 1.00 e. The zero-order valence-corrected chi connectivity index (χ0v) is 17.4. The van der Waals surface area contributed by atoms with Gasteiger partial charge in [0.05, 0.1) is 12.1 Å². The van der Waals surface area contributed by atoms with Gasteiger partial charge in [-0.2, -0.15) is 0 Å². The van der Waals surface area contributed by atoms with Crippen LogP contribution in [0.3, 0.4) is 0 Å². The molecule has 152 valence electrons. The average Bonchev–Trinajstić information content (AvgIpc) is 2.90. The van der Waals surface area contributed by atoms with Crippen LogP contribution in [0.15, 0.2) is 18.2 Å². The van der Waals surface area contributed by atoms with Crippen LogP contribution in [0.2, 0.25) is 0 Å². The van der Waals surface area contributed by atoms with Crippen LogP contribution in [-0.4, -0.2) is 51.8 Å². The average molecular weight is 395 g/mol. The fourth-order valence-electron chi connectivity index (χ4n) is 4.72. The minimum absolute atomic E-state index is 0. The molecule has 1 aliphatic carbocycles. The smallest absolute Gasteiger partial charge is 0.0791 e. The van der Waals surface area contributed by atoms with E-state index in [2.05, 4.69) is 53.8 Å². The lowest BCUT2D eigenvalue weighted by Gasteiger charge is -2.40. The van der Waals surface area contributed by atoms with Crippen LogP contribution in [0.5, 0.6) is 0 Å². The van der Waals surface area contributed by atoms with Crippen LogP contribution in [0.4, 0.5) is 0 Å². The number of halogens is 1. The van der Waals surface area contributed by atoms with Gasteiger partial charge in [-0.3, -0.25) is 4.90 Å². The van der Waals surface area contributed by atoms with Crippen LogP contribution < -0.4 is 17.7 Å². The van der Waals surface area contributed by atoms with Crippen molar-refractivity contribution in [1.82, 2.24) is 14.8 Å². The van der Waals surface area contributed by atoms with E-state index in [1.165, 1.54) is 41.4 Å². The molecule has 0 saturated carbocycles. The zero-order chi connectivity index (χ0) is 17.6. The number of rotatable bonds is 5. The Morgan fingerprint density at radius 1 is 1.26 bits per heavy atom. The summed E-state index contributed by atoms with van der Waals surface area (Å²) in [6, 6.07) is 7.79. The topological polar surface area (TPSA) is 71.9 Å². The summed E-state index contributed by atoms with van der Waals surface area (Å²) in [5.74, 6) is 0. The first-order valence-electron chi connectivity index (χ1n) is 9.81. The van der Waals surface area contributed by atoms with E-state index in [1.807, 2.05) is 0 Å². The van der Waals surface area contributed by atoms with E-state index in [9.17, 15) is 5.11 Å². The third-order valence-corrected chi connectivity index (χ3v) is 5.85. The highest BCUT2D eigenvalue weighted by atomic mass is 35.5. The Morgan fingerprint density at radius 2 is 2.04 bits per heavy atom. The molecular formula is C21H33ClN3O2-. The van der Waals surface area contributed by atoms with Crippen molar-refractivity contribution in [3.63, 3.8) is 0 Å². The summed E-state index contributed by atoms with van der Waals surface area (Å²) in [7, 11) is 0. The zero-order valence-electron chi connectivity index (χ0n) is 16.6. The van der Waals surface area contributed by atoms with Crippen molar-refractivity contribution in [3.8, 4) is 0 Å². The summed E-state index contributed by atoms with van der Waals surface area (Å²) in [6.07, 6.45) is 3.36. The highest BCUT2D eigenvalue weighted by molar-refractivity contribution is 5.87. The fraction of sp³-hybridized carbons (Fsp3) is 0.619. The monoisotopic (exact) mass is 394 g/mol. The Labute approximate surface area is 168 Å². The first-order chi connectivity index (χ1) is 12.0. The number of aliphatic hydroxyl groups excluding tert-OH is 1. The molecule has 2 heterocycles. The Kier molecular flexibility index (Phi) is 7.33. The van der Waals surface area contributed by atoms with Gasteiger partial charge in [-0.05, 0) is 43.9 Å². The Hall–Kier alpha value is -1.11. The van der Waals surface area contributed by atoms with Gasteiger partial charge in [0.25, 0.3) is 0 Å². The maximum Gasteiger partial charge on any atom is 0.0791 e. The Morgan fingerprint density at radius 3 is 2.78 bits per heavy atom. The number of β-amino-alcohol motifs (C(OH)–C–C–N with tert-alkyl or cyclic N) is 1. The molecular weight excluding hydrogens is 362 g/mol. The predicted molar refractivity (Wildman–Crippen MR) is 107 cm³/mol. The van der Waals surface area contributed by atoms with Gasteiger partial charge in [0.2, 0.25) is 0 Å². The van der Waals surface area contributed by atoms with Crippen LogP contribution in [0.1, 0.15) is 49.6 Å². The second kappa shape index (κ2) is 8.93. The molecule has 0 spiro atoms. The first kappa shape index (κ1) is 22.2. The van der Waals surface area contributed by atoms with Crippen molar-refractivity contribution >= 4 is 10.9 Å². The molecule has 5 nitrogen and oxygen atoms in total. The molecule has 2 aliphatic rings. The molecule has 0 saturated heterocycles. The van der Waals surface area contributed by atoms with E-state index in [4.69, 9.17) is 0 Å². The van der Waals surface area contributed by atoms with E-state index in [0.717, 1.165) is 19.6 Å². The van der Waals surface area contributed by atoms with E-state index in [1.54, 1.807) is 5.56 Å². The highest BCUT2D eigenvalue weighted by Crippen LogP contribution is 2.42. The molecule has 2 aromatic rings. The van der Waals surface area contributed by atoms with Gasteiger partial charge in [-0.15, -0.1) is 0 Å². The van der Waals surface area contributed by atoms with Crippen LogP contribution in [0, 0.1) is 6.92 Å². The summed E-state index contributed by atoms with van der Waals surface area (Å²) >= 11 is 0. The number of hydrogen-bond acceptors (Lipinski definition) is 3. The molecule has 4 rings (SSSR count). The maximum atomic E-state index is 10.5. The van der Waals surface area contributed by atoms with E-state index >= 15 is 0 Å². The van der Waals surface area contributed by atoms with Crippen molar-refractivity contribution in [2.75, 3.05) is 19.6 Å². The summed E-state index contributed by atoms with van der Waals surface area (Å²) in [5.41, 5.74) is 5.85. The number of aromatic nitrogens is 1. The van der Waals surface area contributed by atoms with Crippen molar-refractivity contribution in [3.05, 3.63) is 35.0 Å². The van der Waals surface area contributed by atoms with Gasteiger partial charge < -0.3 is 32.9 Å². The second-order valence-corrected chi connectivity index (χ2v) is 8.16. The lowest BCUT2D eigenvalue weighted by molar-refractivity contribution is -0.00000894. The van der Waals surface area contributed by atoms with E-state index in [-0.39, 0.29) is 24.0 Å². The molecule has 0 fully saturated rings. The van der Waals surface area contributed by atoms with Crippen molar-refractivity contribution in [1.29, 1.82) is 0 Å². The number of fused-ring (bicyclic) bond motifs is 3. The van der Waals surface area contributed by atoms with Gasteiger partial charge >= 0.3 is 0 Å². The van der Waals surface area contributed by atoms with Crippen LogP contribution >= 0.6 is 0 Å². The van der Waals surface area contributed by atoms with Gasteiger partial charge in [0.1, 0.15) is 0 Å². The Bertz CT molecular complexity index is 774. The molecule has 0 bridgehead atoms. The van der Waals surface area contributed by atoms with Crippen molar-refractivity contribution in [2.45, 2.75) is 64.8 Å². The number of nitrogens with one attached hydrogen (secondary N) is 1.